The highest BCUT2D eigenvalue weighted by Crippen LogP contribution is 2.22. The molecule has 2 heterocycles. The van der Waals surface area contributed by atoms with Gasteiger partial charge in [0.1, 0.15) is 12.4 Å². The van der Waals surface area contributed by atoms with Crippen LogP contribution in [0.2, 0.25) is 0 Å². The Kier molecular flexibility index (Phi) is 8.44. The van der Waals surface area contributed by atoms with Gasteiger partial charge in [-0.2, -0.15) is 0 Å². The smallest absolute Gasteiger partial charge is 0.292 e. The maximum Gasteiger partial charge on any atom is 0.292 e. The van der Waals surface area contributed by atoms with Gasteiger partial charge in [-0.05, 0) is 43.0 Å². The van der Waals surface area contributed by atoms with Gasteiger partial charge < -0.3 is 14.5 Å². The Morgan fingerprint density at radius 1 is 0.914 bits per heavy atom. The van der Waals surface area contributed by atoms with Crippen LogP contribution in [0.3, 0.4) is 0 Å². The molecule has 1 atom stereocenters. The number of fused-ring (bicyclic) bond motifs is 1. The number of ether oxygens (including phenoxy) is 1. The van der Waals surface area contributed by atoms with E-state index < -0.39 is 0 Å². The van der Waals surface area contributed by atoms with Gasteiger partial charge in [-0.1, -0.05) is 55.3 Å². The van der Waals surface area contributed by atoms with E-state index in [0.717, 1.165) is 31.2 Å². The molecule has 182 valence electrons. The summed E-state index contributed by atoms with van der Waals surface area (Å²) in [5.41, 5.74) is 1.65. The number of benzene rings is 2. The first-order valence-corrected chi connectivity index (χ1v) is 12.2. The molecule has 0 bridgehead atoms. The summed E-state index contributed by atoms with van der Waals surface area (Å²) in [6.07, 6.45) is 7.53. The van der Waals surface area contributed by atoms with Crippen LogP contribution >= 0.6 is 0 Å². The summed E-state index contributed by atoms with van der Waals surface area (Å²) in [6, 6.07) is 18.9. The second kappa shape index (κ2) is 12.1. The van der Waals surface area contributed by atoms with Gasteiger partial charge in [0.05, 0.1) is 11.6 Å². The molecule has 35 heavy (non-hydrogen) atoms. The van der Waals surface area contributed by atoms with Crippen molar-refractivity contribution in [2.24, 2.45) is 0 Å². The Labute approximate surface area is 206 Å². The van der Waals surface area contributed by atoms with E-state index in [9.17, 15) is 9.59 Å². The van der Waals surface area contributed by atoms with E-state index in [1.807, 2.05) is 48.3 Å². The van der Waals surface area contributed by atoms with E-state index in [0.29, 0.717) is 30.8 Å². The van der Waals surface area contributed by atoms with Crippen LogP contribution in [0.1, 0.15) is 52.2 Å². The molecule has 0 unspecified atom stereocenters. The number of carbonyl (C=O) groups excluding carboxylic acids is 2. The third-order valence-electron chi connectivity index (χ3n) is 6.31. The molecular formula is C28H32N4O3. The standard InChI is InChI=1S/C28H32N4O3/c1-31-18-9-2-3-10-19-32(28(34)26-29-16-11-17-30-26)23(20-22-12-5-4-6-13-22)21-35-25-15-8-7-14-24(25)27(31)33/h4-8,11-17,23H,2-3,9-10,18-21H2,1H3/t23-/m0/s1. The molecule has 0 saturated carbocycles. The molecule has 0 N–H and O–H groups in total. The summed E-state index contributed by atoms with van der Waals surface area (Å²) in [6.45, 7) is 1.53. The lowest BCUT2D eigenvalue weighted by Gasteiger charge is -2.32. The Balaban J connectivity index is 1.67. The number of carbonyl (C=O) groups is 2. The van der Waals surface area contributed by atoms with Gasteiger partial charge in [0.25, 0.3) is 11.8 Å². The second-order valence-corrected chi connectivity index (χ2v) is 8.86. The molecule has 0 spiro atoms. The van der Waals surface area contributed by atoms with Crippen molar-refractivity contribution >= 4 is 11.8 Å². The minimum Gasteiger partial charge on any atom is -0.491 e. The summed E-state index contributed by atoms with van der Waals surface area (Å²) < 4.78 is 6.27. The number of rotatable bonds is 3. The summed E-state index contributed by atoms with van der Waals surface area (Å²) in [5.74, 6) is 0.459. The molecule has 0 saturated heterocycles. The maximum absolute atomic E-state index is 13.6. The van der Waals surface area contributed by atoms with Gasteiger partial charge in [0.2, 0.25) is 5.82 Å². The number of amides is 2. The predicted molar refractivity (Wildman–Crippen MR) is 134 cm³/mol. The lowest BCUT2D eigenvalue weighted by atomic mass is 10.0. The first-order valence-electron chi connectivity index (χ1n) is 12.2. The highest BCUT2D eigenvalue weighted by atomic mass is 16.5. The zero-order valence-corrected chi connectivity index (χ0v) is 20.2. The lowest BCUT2D eigenvalue weighted by Crippen LogP contribution is -2.46. The van der Waals surface area contributed by atoms with Crippen molar-refractivity contribution < 1.29 is 14.3 Å². The molecule has 0 radical (unpaired) electrons. The Morgan fingerprint density at radius 2 is 1.60 bits per heavy atom. The molecule has 2 aromatic carbocycles. The predicted octanol–water partition coefficient (Wildman–Crippen LogP) is 4.26. The van der Waals surface area contributed by atoms with Crippen LogP contribution < -0.4 is 4.74 Å². The van der Waals surface area contributed by atoms with E-state index in [4.69, 9.17) is 4.74 Å². The van der Waals surface area contributed by atoms with E-state index in [1.165, 1.54) is 0 Å². The largest absolute Gasteiger partial charge is 0.491 e. The zero-order valence-electron chi connectivity index (χ0n) is 20.2. The summed E-state index contributed by atoms with van der Waals surface area (Å²) in [5, 5.41) is 0. The molecule has 1 aliphatic heterocycles. The van der Waals surface area contributed by atoms with E-state index >= 15 is 0 Å². The van der Waals surface area contributed by atoms with Crippen molar-refractivity contribution in [3.05, 3.63) is 90.0 Å². The minimum atomic E-state index is -0.252. The molecule has 3 aromatic rings. The molecule has 1 aromatic heterocycles. The van der Waals surface area contributed by atoms with Gasteiger partial charge >= 0.3 is 0 Å². The number of nitrogens with zero attached hydrogens (tertiary/aromatic N) is 4. The fraction of sp³-hybridized carbons (Fsp3) is 0.357. The highest BCUT2D eigenvalue weighted by molar-refractivity contribution is 5.96. The van der Waals surface area contributed by atoms with E-state index in [1.54, 1.807) is 29.4 Å². The first kappa shape index (κ1) is 24.4. The van der Waals surface area contributed by atoms with Gasteiger partial charge in [0.15, 0.2) is 0 Å². The van der Waals surface area contributed by atoms with Gasteiger partial charge in [-0.15, -0.1) is 0 Å². The molecule has 7 nitrogen and oxygen atoms in total. The summed E-state index contributed by atoms with van der Waals surface area (Å²) >= 11 is 0. The number of para-hydroxylation sites is 1. The van der Waals surface area contributed by atoms with Gasteiger partial charge in [-0.3, -0.25) is 9.59 Å². The minimum absolute atomic E-state index is 0.0529. The van der Waals surface area contributed by atoms with E-state index in [-0.39, 0.29) is 30.3 Å². The van der Waals surface area contributed by atoms with Crippen molar-refractivity contribution in [3.8, 4) is 5.75 Å². The number of hydrogen-bond acceptors (Lipinski definition) is 5. The molecule has 2 amide bonds. The Morgan fingerprint density at radius 3 is 2.37 bits per heavy atom. The van der Waals surface area contributed by atoms with Crippen LogP contribution in [0.15, 0.2) is 73.1 Å². The molecule has 7 heteroatoms. The van der Waals surface area contributed by atoms with Crippen LogP contribution in [0.5, 0.6) is 5.75 Å². The van der Waals surface area contributed by atoms with Crippen molar-refractivity contribution in [3.63, 3.8) is 0 Å². The monoisotopic (exact) mass is 472 g/mol. The van der Waals surface area contributed by atoms with Gasteiger partial charge in [-0.25, -0.2) is 9.97 Å². The molecule has 0 aliphatic carbocycles. The number of hydrogen-bond donors (Lipinski definition) is 0. The summed E-state index contributed by atoms with van der Waals surface area (Å²) in [7, 11) is 1.84. The molecule has 4 rings (SSSR count). The normalized spacial score (nSPS) is 17.7. The lowest BCUT2D eigenvalue weighted by molar-refractivity contribution is 0.0587. The average molecular weight is 473 g/mol. The topological polar surface area (TPSA) is 75.6 Å². The van der Waals surface area contributed by atoms with Crippen molar-refractivity contribution in [2.75, 3.05) is 26.7 Å². The van der Waals surface area contributed by atoms with Crippen molar-refractivity contribution in [2.45, 2.75) is 38.1 Å². The van der Waals surface area contributed by atoms with Crippen molar-refractivity contribution in [1.82, 2.24) is 19.8 Å². The third-order valence-corrected chi connectivity index (χ3v) is 6.31. The van der Waals surface area contributed by atoms with E-state index in [2.05, 4.69) is 22.1 Å². The Bertz CT molecular complexity index is 1110. The van der Waals surface area contributed by atoms with Crippen molar-refractivity contribution in [1.29, 1.82) is 0 Å². The fourth-order valence-electron chi connectivity index (χ4n) is 4.38. The van der Waals surface area contributed by atoms with Crippen LogP contribution in [-0.2, 0) is 6.42 Å². The second-order valence-electron chi connectivity index (χ2n) is 8.86. The maximum atomic E-state index is 13.6. The van der Waals surface area contributed by atoms with Crippen LogP contribution in [0.25, 0.3) is 0 Å². The molecule has 1 aliphatic rings. The van der Waals surface area contributed by atoms with Gasteiger partial charge in [0, 0.05) is 32.5 Å². The highest BCUT2D eigenvalue weighted by Gasteiger charge is 2.28. The number of aromatic nitrogens is 2. The third kappa shape index (κ3) is 6.44. The zero-order chi connectivity index (χ0) is 24.5. The van der Waals surface area contributed by atoms with Crippen LogP contribution in [0, 0.1) is 0 Å². The first-order chi connectivity index (χ1) is 17.1. The molecular weight excluding hydrogens is 440 g/mol. The Hall–Kier alpha value is -3.74. The summed E-state index contributed by atoms with van der Waals surface area (Å²) in [4.78, 5) is 38.7. The van der Waals surface area contributed by atoms with Crippen LogP contribution in [0.4, 0.5) is 0 Å². The molecule has 0 fully saturated rings. The SMILES string of the molecule is CN1CCCCCCN(C(=O)c2ncccn2)[C@@H](Cc2ccccc2)COc2ccccc2C1=O. The average Bonchev–Trinajstić information content (AvgIpc) is 2.91. The van der Waals surface area contributed by atoms with Crippen LogP contribution in [-0.4, -0.2) is 64.4 Å². The fourth-order valence-corrected chi connectivity index (χ4v) is 4.38. The quantitative estimate of drug-likeness (QED) is 0.570.